The van der Waals surface area contributed by atoms with E-state index in [1.165, 1.54) is 11.6 Å². The van der Waals surface area contributed by atoms with E-state index in [1.807, 2.05) is 0 Å². The largest absolute Gasteiger partial charge is 0.393 e. The number of hydrogen-bond acceptors (Lipinski definition) is 6. The summed E-state index contributed by atoms with van der Waals surface area (Å²) in [7, 11) is 1.59. The van der Waals surface area contributed by atoms with Crippen LogP contribution in [-0.2, 0) is 13.5 Å². The molecule has 0 aliphatic carbocycles. The number of nitro groups is 1. The van der Waals surface area contributed by atoms with Gasteiger partial charge in [0.2, 0.25) is 5.82 Å². The Hall–Kier alpha value is -1.67. The Morgan fingerprint density at radius 1 is 1.61 bits per heavy atom. The number of anilines is 1. The van der Waals surface area contributed by atoms with Crippen molar-refractivity contribution < 1.29 is 15.1 Å². The quantitative estimate of drug-likeness (QED) is 0.490. The van der Waals surface area contributed by atoms with Crippen LogP contribution in [0.4, 0.5) is 11.5 Å². The summed E-state index contributed by atoms with van der Waals surface area (Å²) in [5.74, 6) is 0.227. The topological polar surface area (TPSA) is 113 Å². The number of aliphatic hydroxyl groups is 2. The summed E-state index contributed by atoms with van der Waals surface area (Å²) < 4.78 is 1.37. The zero-order valence-electron chi connectivity index (χ0n) is 10.7. The van der Waals surface area contributed by atoms with E-state index in [9.17, 15) is 15.2 Å². The maximum atomic E-state index is 11.0. The molecule has 0 saturated heterocycles. The van der Waals surface area contributed by atoms with Gasteiger partial charge in [0.15, 0.2) is 0 Å². The number of aliphatic hydroxyl groups excluding tert-OH is 1. The van der Waals surface area contributed by atoms with Gasteiger partial charge in [0.25, 0.3) is 0 Å². The molecule has 1 atom stereocenters. The summed E-state index contributed by atoms with van der Waals surface area (Å²) >= 11 is 0. The van der Waals surface area contributed by atoms with Crippen molar-refractivity contribution in [3.63, 3.8) is 0 Å². The first-order chi connectivity index (χ1) is 8.32. The molecule has 1 aromatic rings. The van der Waals surface area contributed by atoms with E-state index >= 15 is 0 Å². The predicted octanol–water partition coefficient (Wildman–Crippen LogP) is 0.0459. The standard InChI is InChI=1S/C10H18N4O4/c1-4-7-8(14(17)18)9(13(3)12-7)11-5-10(2,16)6-15/h11,15-16H,4-6H2,1-3H3. The van der Waals surface area contributed by atoms with Crippen LogP contribution in [0.3, 0.4) is 0 Å². The fourth-order valence-corrected chi connectivity index (χ4v) is 1.53. The molecule has 0 aromatic carbocycles. The van der Waals surface area contributed by atoms with Crippen molar-refractivity contribution in [3.05, 3.63) is 15.8 Å². The van der Waals surface area contributed by atoms with E-state index in [-0.39, 0.29) is 18.1 Å². The second-order valence-corrected chi connectivity index (χ2v) is 4.39. The van der Waals surface area contributed by atoms with E-state index < -0.39 is 17.1 Å². The Labute approximate surface area is 104 Å². The third kappa shape index (κ3) is 2.96. The van der Waals surface area contributed by atoms with Gasteiger partial charge < -0.3 is 15.5 Å². The van der Waals surface area contributed by atoms with Crippen LogP contribution >= 0.6 is 0 Å². The van der Waals surface area contributed by atoms with Gasteiger partial charge in [-0.2, -0.15) is 5.10 Å². The highest BCUT2D eigenvalue weighted by atomic mass is 16.6. The van der Waals surface area contributed by atoms with Crippen LogP contribution in [0.15, 0.2) is 0 Å². The molecule has 0 saturated carbocycles. The molecule has 0 radical (unpaired) electrons. The molecule has 0 aliphatic heterocycles. The van der Waals surface area contributed by atoms with E-state index in [0.717, 1.165) is 0 Å². The molecule has 18 heavy (non-hydrogen) atoms. The van der Waals surface area contributed by atoms with Crippen LogP contribution in [0, 0.1) is 10.1 Å². The number of hydrogen-bond donors (Lipinski definition) is 3. The lowest BCUT2D eigenvalue weighted by Crippen LogP contribution is -2.37. The van der Waals surface area contributed by atoms with Gasteiger partial charge >= 0.3 is 5.69 Å². The van der Waals surface area contributed by atoms with E-state index in [1.54, 1.807) is 14.0 Å². The van der Waals surface area contributed by atoms with Gasteiger partial charge in [-0.05, 0) is 13.3 Å². The summed E-state index contributed by atoms with van der Waals surface area (Å²) in [5, 5.41) is 36.4. The third-order valence-electron chi connectivity index (χ3n) is 2.59. The van der Waals surface area contributed by atoms with Gasteiger partial charge in [-0.3, -0.25) is 10.1 Å². The first-order valence-corrected chi connectivity index (χ1v) is 5.59. The number of aromatic nitrogens is 2. The fraction of sp³-hybridized carbons (Fsp3) is 0.700. The van der Waals surface area contributed by atoms with Gasteiger partial charge in [0.05, 0.1) is 11.5 Å². The molecule has 0 aliphatic rings. The molecule has 1 aromatic heterocycles. The molecular weight excluding hydrogens is 240 g/mol. The molecule has 0 spiro atoms. The minimum atomic E-state index is -1.34. The number of nitrogens with zero attached hydrogens (tertiary/aromatic N) is 3. The molecule has 0 amide bonds. The van der Waals surface area contributed by atoms with Gasteiger partial charge in [0, 0.05) is 13.6 Å². The molecule has 0 fully saturated rings. The highest BCUT2D eigenvalue weighted by Gasteiger charge is 2.27. The van der Waals surface area contributed by atoms with Gasteiger partial charge in [-0.1, -0.05) is 6.92 Å². The van der Waals surface area contributed by atoms with Crippen LogP contribution in [-0.4, -0.2) is 43.7 Å². The second-order valence-electron chi connectivity index (χ2n) is 4.39. The normalized spacial score (nSPS) is 14.3. The number of nitrogens with one attached hydrogen (secondary N) is 1. The lowest BCUT2D eigenvalue weighted by molar-refractivity contribution is -0.384. The molecule has 1 heterocycles. The molecule has 1 unspecified atom stereocenters. The molecule has 1 rings (SSSR count). The van der Waals surface area contributed by atoms with Crippen molar-refractivity contribution in [2.24, 2.45) is 7.05 Å². The SMILES string of the molecule is CCc1nn(C)c(NCC(C)(O)CO)c1[N+](=O)[O-]. The Kier molecular flexibility index (Phi) is 4.25. The van der Waals surface area contributed by atoms with Gasteiger partial charge in [-0.15, -0.1) is 0 Å². The maximum absolute atomic E-state index is 11.0. The lowest BCUT2D eigenvalue weighted by atomic mass is 10.1. The van der Waals surface area contributed by atoms with E-state index in [0.29, 0.717) is 12.1 Å². The zero-order chi connectivity index (χ0) is 13.9. The molecular formula is C10H18N4O4. The van der Waals surface area contributed by atoms with Crippen molar-refractivity contribution in [2.75, 3.05) is 18.5 Å². The third-order valence-corrected chi connectivity index (χ3v) is 2.59. The molecule has 0 bridgehead atoms. The summed E-state index contributed by atoms with van der Waals surface area (Å²) in [6, 6.07) is 0. The average Bonchev–Trinajstić information content (AvgIpc) is 2.63. The fourth-order valence-electron chi connectivity index (χ4n) is 1.53. The van der Waals surface area contributed by atoms with Gasteiger partial charge in [0.1, 0.15) is 11.3 Å². The Balaban J connectivity index is 3.01. The first kappa shape index (κ1) is 14.4. The summed E-state index contributed by atoms with van der Waals surface area (Å²) in [6.45, 7) is 2.77. The van der Waals surface area contributed by atoms with Crippen LogP contribution in [0.2, 0.25) is 0 Å². The first-order valence-electron chi connectivity index (χ1n) is 5.59. The Morgan fingerprint density at radius 3 is 2.67 bits per heavy atom. The van der Waals surface area contributed by atoms with Crippen molar-refractivity contribution in [3.8, 4) is 0 Å². The highest BCUT2D eigenvalue weighted by Crippen LogP contribution is 2.28. The molecule has 3 N–H and O–H groups in total. The van der Waals surface area contributed by atoms with Crippen molar-refractivity contribution in [1.82, 2.24) is 9.78 Å². The summed E-state index contributed by atoms with van der Waals surface area (Å²) in [4.78, 5) is 10.5. The molecule has 8 heteroatoms. The minimum Gasteiger partial charge on any atom is -0.393 e. The minimum absolute atomic E-state index is 0.00692. The maximum Gasteiger partial charge on any atom is 0.333 e. The number of rotatable bonds is 6. The van der Waals surface area contributed by atoms with Crippen LogP contribution < -0.4 is 5.32 Å². The highest BCUT2D eigenvalue weighted by molar-refractivity contribution is 5.60. The monoisotopic (exact) mass is 258 g/mol. The van der Waals surface area contributed by atoms with Crippen molar-refractivity contribution in [1.29, 1.82) is 0 Å². The van der Waals surface area contributed by atoms with E-state index in [4.69, 9.17) is 5.11 Å². The van der Waals surface area contributed by atoms with Crippen LogP contribution in [0.5, 0.6) is 0 Å². The Bertz CT molecular complexity index is 441. The van der Waals surface area contributed by atoms with Crippen molar-refractivity contribution >= 4 is 11.5 Å². The number of aryl methyl sites for hydroxylation is 2. The smallest absolute Gasteiger partial charge is 0.333 e. The molecule has 102 valence electrons. The van der Waals surface area contributed by atoms with Crippen LogP contribution in [0.25, 0.3) is 0 Å². The molecule has 8 nitrogen and oxygen atoms in total. The lowest BCUT2D eigenvalue weighted by Gasteiger charge is -2.20. The van der Waals surface area contributed by atoms with Crippen LogP contribution in [0.1, 0.15) is 19.5 Å². The summed E-state index contributed by atoms with van der Waals surface area (Å²) in [5.41, 5.74) is -1.05. The van der Waals surface area contributed by atoms with Gasteiger partial charge in [-0.25, -0.2) is 4.68 Å². The average molecular weight is 258 g/mol. The second kappa shape index (κ2) is 5.32. The Morgan fingerprint density at radius 2 is 2.22 bits per heavy atom. The van der Waals surface area contributed by atoms with E-state index in [2.05, 4.69) is 10.4 Å². The van der Waals surface area contributed by atoms with Crippen molar-refractivity contribution in [2.45, 2.75) is 25.9 Å². The predicted molar refractivity (Wildman–Crippen MR) is 65.4 cm³/mol. The zero-order valence-corrected chi connectivity index (χ0v) is 10.7. The summed E-state index contributed by atoms with van der Waals surface area (Å²) in [6.07, 6.45) is 0.447.